The van der Waals surface area contributed by atoms with E-state index < -0.39 is 5.97 Å². The van der Waals surface area contributed by atoms with Crippen LogP contribution in [0.5, 0.6) is 0 Å². The van der Waals surface area contributed by atoms with Crippen LogP contribution >= 0.6 is 11.8 Å². The number of hydrogen-bond acceptors (Lipinski definition) is 3. The summed E-state index contributed by atoms with van der Waals surface area (Å²) >= 11 is 1.94. The number of aliphatic carboxylic acids is 1. The lowest BCUT2D eigenvalue weighted by Crippen LogP contribution is -2.17. The van der Waals surface area contributed by atoms with Crippen molar-refractivity contribution in [3.8, 4) is 0 Å². The highest BCUT2D eigenvalue weighted by Crippen LogP contribution is 2.27. The molecule has 0 bridgehead atoms. The van der Waals surface area contributed by atoms with Crippen molar-refractivity contribution in [1.82, 2.24) is 0 Å². The van der Waals surface area contributed by atoms with E-state index in [4.69, 9.17) is 9.84 Å². The van der Waals surface area contributed by atoms with E-state index in [9.17, 15) is 4.79 Å². The minimum atomic E-state index is -0.910. The molecule has 0 aromatic heterocycles. The Labute approximate surface area is 117 Å². The summed E-state index contributed by atoms with van der Waals surface area (Å²) < 4.78 is 5.35. The van der Waals surface area contributed by atoms with Crippen molar-refractivity contribution < 1.29 is 14.6 Å². The summed E-state index contributed by atoms with van der Waals surface area (Å²) in [6.45, 7) is 1.72. The SMILES string of the molecule is O=C(O)C=Cc1ccccc1CSC1CCOCC1. The molecule has 1 saturated heterocycles. The third-order valence-electron chi connectivity index (χ3n) is 3.10. The maximum atomic E-state index is 10.6. The number of rotatable bonds is 5. The standard InChI is InChI=1S/C15H18O3S/c16-15(17)6-5-12-3-1-2-4-13(12)11-19-14-7-9-18-10-8-14/h1-6,14H,7-11H2,(H,16,17). The molecule has 0 unspecified atom stereocenters. The van der Waals surface area contributed by atoms with Crippen LogP contribution in [-0.4, -0.2) is 29.5 Å². The van der Waals surface area contributed by atoms with Crippen molar-refractivity contribution in [1.29, 1.82) is 0 Å². The quantitative estimate of drug-likeness (QED) is 0.840. The monoisotopic (exact) mass is 278 g/mol. The van der Waals surface area contributed by atoms with Crippen LogP contribution in [0.1, 0.15) is 24.0 Å². The fraction of sp³-hybridized carbons (Fsp3) is 0.400. The number of thioether (sulfide) groups is 1. The molecule has 0 amide bonds. The third-order valence-corrected chi connectivity index (χ3v) is 4.52. The van der Waals surface area contributed by atoms with Gasteiger partial charge in [0.25, 0.3) is 0 Å². The number of benzene rings is 1. The summed E-state index contributed by atoms with van der Waals surface area (Å²) in [6, 6.07) is 7.95. The van der Waals surface area contributed by atoms with Crippen LogP contribution in [0.25, 0.3) is 6.08 Å². The van der Waals surface area contributed by atoms with Gasteiger partial charge >= 0.3 is 5.97 Å². The molecule has 1 heterocycles. The molecular formula is C15H18O3S. The van der Waals surface area contributed by atoms with E-state index in [1.807, 2.05) is 30.0 Å². The van der Waals surface area contributed by atoms with Crippen LogP contribution in [0.3, 0.4) is 0 Å². The molecule has 1 N–H and O–H groups in total. The summed E-state index contributed by atoms with van der Waals surface area (Å²) in [7, 11) is 0. The first-order valence-electron chi connectivity index (χ1n) is 6.44. The largest absolute Gasteiger partial charge is 0.478 e. The second-order valence-corrected chi connectivity index (χ2v) is 5.78. The van der Waals surface area contributed by atoms with Gasteiger partial charge in [0.05, 0.1) is 0 Å². The molecule has 0 atom stereocenters. The molecule has 1 aliphatic rings. The van der Waals surface area contributed by atoms with Crippen molar-refractivity contribution >= 4 is 23.8 Å². The molecular weight excluding hydrogens is 260 g/mol. The average Bonchev–Trinajstić information content (AvgIpc) is 2.45. The van der Waals surface area contributed by atoms with Gasteiger partial charge in [-0.25, -0.2) is 4.79 Å². The Morgan fingerprint density at radius 3 is 2.84 bits per heavy atom. The summed E-state index contributed by atoms with van der Waals surface area (Å²) in [5.74, 6) is 0.0111. The van der Waals surface area contributed by atoms with Crippen LogP contribution < -0.4 is 0 Å². The first-order chi connectivity index (χ1) is 9.25. The summed E-state index contributed by atoms with van der Waals surface area (Å²) in [4.78, 5) is 10.6. The Balaban J connectivity index is 1.96. The molecule has 19 heavy (non-hydrogen) atoms. The highest BCUT2D eigenvalue weighted by molar-refractivity contribution is 7.99. The lowest BCUT2D eigenvalue weighted by molar-refractivity contribution is -0.131. The molecule has 0 aliphatic carbocycles. The van der Waals surface area contributed by atoms with Gasteiger partial charge in [-0.3, -0.25) is 0 Å². The molecule has 0 saturated carbocycles. The van der Waals surface area contributed by atoms with E-state index in [2.05, 4.69) is 6.07 Å². The minimum Gasteiger partial charge on any atom is -0.478 e. The fourth-order valence-corrected chi connectivity index (χ4v) is 3.24. The summed E-state index contributed by atoms with van der Waals surface area (Å²) in [6.07, 6.45) is 5.08. The zero-order valence-corrected chi connectivity index (χ0v) is 11.6. The van der Waals surface area contributed by atoms with Gasteiger partial charge in [0.2, 0.25) is 0 Å². The number of ether oxygens (including phenoxy) is 1. The van der Waals surface area contributed by atoms with Gasteiger partial charge in [0.15, 0.2) is 0 Å². The van der Waals surface area contributed by atoms with Crippen molar-refractivity contribution in [2.24, 2.45) is 0 Å². The molecule has 1 aliphatic heterocycles. The Morgan fingerprint density at radius 1 is 1.37 bits per heavy atom. The van der Waals surface area contributed by atoms with Gasteiger partial charge in [-0.1, -0.05) is 24.3 Å². The smallest absolute Gasteiger partial charge is 0.328 e. The number of carboxylic acids is 1. The van der Waals surface area contributed by atoms with Crippen LogP contribution in [0.2, 0.25) is 0 Å². The molecule has 0 radical (unpaired) electrons. The van der Waals surface area contributed by atoms with Crippen molar-refractivity contribution in [2.75, 3.05) is 13.2 Å². The molecule has 2 rings (SSSR count). The van der Waals surface area contributed by atoms with Crippen LogP contribution in [0.4, 0.5) is 0 Å². The second kappa shape index (κ2) is 7.36. The zero-order chi connectivity index (χ0) is 13.5. The van der Waals surface area contributed by atoms with Gasteiger partial charge in [0, 0.05) is 30.3 Å². The predicted octanol–water partition coefficient (Wildman–Crippen LogP) is 3.20. The normalized spacial score (nSPS) is 16.8. The second-order valence-electron chi connectivity index (χ2n) is 4.49. The molecule has 1 aromatic carbocycles. The minimum absolute atomic E-state index is 0.658. The topological polar surface area (TPSA) is 46.5 Å². The van der Waals surface area contributed by atoms with Crippen molar-refractivity contribution in [3.63, 3.8) is 0 Å². The van der Waals surface area contributed by atoms with E-state index in [1.165, 1.54) is 11.6 Å². The Morgan fingerprint density at radius 2 is 2.11 bits per heavy atom. The highest BCUT2D eigenvalue weighted by Gasteiger charge is 2.14. The lowest BCUT2D eigenvalue weighted by atomic mass is 10.1. The molecule has 1 fully saturated rings. The molecule has 0 spiro atoms. The number of carboxylic acid groups (broad SMARTS) is 1. The summed E-state index contributed by atoms with van der Waals surface area (Å²) in [5.41, 5.74) is 2.18. The third kappa shape index (κ3) is 4.73. The van der Waals surface area contributed by atoms with Crippen molar-refractivity contribution in [3.05, 3.63) is 41.5 Å². The highest BCUT2D eigenvalue weighted by atomic mass is 32.2. The van der Waals surface area contributed by atoms with Gasteiger partial charge in [-0.15, -0.1) is 0 Å². The fourth-order valence-electron chi connectivity index (χ4n) is 2.04. The van der Waals surface area contributed by atoms with Crippen molar-refractivity contribution in [2.45, 2.75) is 23.8 Å². The number of carbonyl (C=O) groups is 1. The zero-order valence-electron chi connectivity index (χ0n) is 10.7. The van der Waals surface area contributed by atoms with E-state index in [0.29, 0.717) is 5.25 Å². The first-order valence-corrected chi connectivity index (χ1v) is 7.49. The Hall–Kier alpha value is -1.26. The van der Waals surface area contributed by atoms with Gasteiger partial charge < -0.3 is 9.84 Å². The van der Waals surface area contributed by atoms with Gasteiger partial charge in [-0.05, 0) is 30.0 Å². The molecule has 4 heteroatoms. The maximum Gasteiger partial charge on any atom is 0.328 e. The number of hydrogen-bond donors (Lipinski definition) is 1. The summed E-state index contributed by atoms with van der Waals surface area (Å²) in [5, 5.41) is 9.35. The predicted molar refractivity (Wildman–Crippen MR) is 78.2 cm³/mol. The van der Waals surface area contributed by atoms with E-state index in [0.717, 1.165) is 37.4 Å². The molecule has 102 valence electrons. The Bertz CT molecular complexity index is 450. The molecule has 1 aromatic rings. The lowest BCUT2D eigenvalue weighted by Gasteiger charge is -2.21. The first kappa shape index (κ1) is 14.2. The van der Waals surface area contributed by atoms with E-state index in [1.54, 1.807) is 6.08 Å². The van der Waals surface area contributed by atoms with Crippen LogP contribution in [-0.2, 0) is 15.3 Å². The van der Waals surface area contributed by atoms with E-state index >= 15 is 0 Å². The maximum absolute atomic E-state index is 10.6. The average molecular weight is 278 g/mol. The molecule has 3 nitrogen and oxygen atoms in total. The van der Waals surface area contributed by atoms with Crippen LogP contribution in [0, 0.1) is 0 Å². The van der Waals surface area contributed by atoms with Crippen LogP contribution in [0.15, 0.2) is 30.3 Å². The van der Waals surface area contributed by atoms with Gasteiger partial charge in [-0.2, -0.15) is 11.8 Å². The van der Waals surface area contributed by atoms with E-state index in [-0.39, 0.29) is 0 Å². The Kier molecular flexibility index (Phi) is 5.48. The van der Waals surface area contributed by atoms with Gasteiger partial charge in [0.1, 0.15) is 0 Å².